The summed E-state index contributed by atoms with van der Waals surface area (Å²) in [6, 6.07) is 8.14. The Hall–Kier alpha value is -1.30. The standard InChI is InChI=1S/C12H14.CH4/c1-4-10(2)9-12-8-6-5-7-11(12)3;/h4-9H,3H2,1-2H3;1H4/b10-4-,12-9-;. The molecule has 0 unspecified atom stereocenters. The third-order valence-corrected chi connectivity index (χ3v) is 1.89. The number of hydrogen-bond donors (Lipinski definition) is 0. The van der Waals surface area contributed by atoms with E-state index < -0.39 is 0 Å². The highest BCUT2D eigenvalue weighted by molar-refractivity contribution is 5.45. The van der Waals surface area contributed by atoms with E-state index in [1.165, 1.54) is 10.8 Å². The molecule has 0 spiro atoms. The SMILES string of the molecule is C.C=c1cccc/c1=C/C(C)=C\C. The van der Waals surface area contributed by atoms with E-state index in [0.29, 0.717) is 0 Å². The third kappa shape index (κ3) is 3.29. The van der Waals surface area contributed by atoms with Crippen molar-refractivity contribution in [2.45, 2.75) is 21.3 Å². The van der Waals surface area contributed by atoms with Gasteiger partial charge in [-0.1, -0.05) is 56.0 Å². The van der Waals surface area contributed by atoms with Crippen LogP contribution in [0.1, 0.15) is 21.3 Å². The van der Waals surface area contributed by atoms with Gasteiger partial charge in [0.2, 0.25) is 0 Å². The van der Waals surface area contributed by atoms with Crippen LogP contribution in [0.25, 0.3) is 12.7 Å². The molecule has 0 atom stereocenters. The molecule has 1 aromatic carbocycles. The second-order valence-electron chi connectivity index (χ2n) is 2.88. The summed E-state index contributed by atoms with van der Waals surface area (Å²) in [5, 5.41) is 2.28. The molecule has 1 aromatic rings. The first-order valence-electron chi connectivity index (χ1n) is 4.12. The Balaban J connectivity index is 0.00000144. The van der Waals surface area contributed by atoms with Crippen molar-refractivity contribution in [3.63, 3.8) is 0 Å². The Labute approximate surface area is 80.9 Å². The van der Waals surface area contributed by atoms with E-state index in [1.807, 2.05) is 25.1 Å². The lowest BCUT2D eigenvalue weighted by Gasteiger charge is -1.89. The van der Waals surface area contributed by atoms with Crippen molar-refractivity contribution in [1.82, 2.24) is 0 Å². The molecule has 0 aliphatic carbocycles. The van der Waals surface area contributed by atoms with Crippen molar-refractivity contribution in [2.75, 3.05) is 0 Å². The predicted molar refractivity (Wildman–Crippen MR) is 61.8 cm³/mol. The molecule has 0 aromatic heterocycles. The molecular formula is C13H18. The molecule has 0 aliphatic rings. The molecule has 0 fully saturated rings. The van der Waals surface area contributed by atoms with Gasteiger partial charge in [0.25, 0.3) is 0 Å². The van der Waals surface area contributed by atoms with Crippen molar-refractivity contribution in [3.05, 3.63) is 46.4 Å². The van der Waals surface area contributed by atoms with E-state index in [2.05, 4.69) is 31.7 Å². The topological polar surface area (TPSA) is 0 Å². The molecule has 0 amide bonds. The first kappa shape index (κ1) is 11.7. The highest BCUT2D eigenvalue weighted by atomic mass is 13.9. The fraction of sp³-hybridized carbons (Fsp3) is 0.231. The summed E-state index contributed by atoms with van der Waals surface area (Å²) >= 11 is 0. The van der Waals surface area contributed by atoms with Crippen LogP contribution < -0.4 is 10.4 Å². The minimum absolute atomic E-state index is 0. The normalized spacial score (nSPS) is 12.5. The Morgan fingerprint density at radius 1 is 1.31 bits per heavy atom. The van der Waals surface area contributed by atoms with Crippen LogP contribution in [0.2, 0.25) is 0 Å². The number of allylic oxidation sites excluding steroid dienone is 2. The molecule has 0 nitrogen and oxygen atoms in total. The van der Waals surface area contributed by atoms with Gasteiger partial charge in [-0.3, -0.25) is 0 Å². The quantitative estimate of drug-likeness (QED) is 0.613. The largest absolute Gasteiger partial charge is 0.0912 e. The van der Waals surface area contributed by atoms with Crippen molar-refractivity contribution < 1.29 is 0 Å². The minimum Gasteiger partial charge on any atom is -0.0912 e. The van der Waals surface area contributed by atoms with E-state index in [1.54, 1.807) is 0 Å². The molecule has 13 heavy (non-hydrogen) atoms. The third-order valence-electron chi connectivity index (χ3n) is 1.89. The molecule has 70 valence electrons. The summed E-state index contributed by atoms with van der Waals surface area (Å²) in [5.41, 5.74) is 1.27. The summed E-state index contributed by atoms with van der Waals surface area (Å²) in [7, 11) is 0. The lowest BCUT2D eigenvalue weighted by Crippen LogP contribution is -2.21. The first-order valence-corrected chi connectivity index (χ1v) is 4.12. The maximum Gasteiger partial charge on any atom is -0.0187 e. The molecular weight excluding hydrogens is 156 g/mol. The van der Waals surface area contributed by atoms with Crippen molar-refractivity contribution in [3.8, 4) is 0 Å². The van der Waals surface area contributed by atoms with E-state index in [9.17, 15) is 0 Å². The molecule has 0 radical (unpaired) electrons. The van der Waals surface area contributed by atoms with Crippen LogP contribution in [0.5, 0.6) is 0 Å². The highest BCUT2D eigenvalue weighted by Gasteiger charge is 1.81. The van der Waals surface area contributed by atoms with Crippen molar-refractivity contribution in [2.24, 2.45) is 0 Å². The van der Waals surface area contributed by atoms with E-state index >= 15 is 0 Å². The first-order chi connectivity index (χ1) is 5.74. The predicted octanol–water partition coefficient (Wildman–Crippen LogP) is 2.48. The summed E-state index contributed by atoms with van der Waals surface area (Å²) < 4.78 is 0. The van der Waals surface area contributed by atoms with Gasteiger partial charge in [0.15, 0.2) is 0 Å². The van der Waals surface area contributed by atoms with Gasteiger partial charge in [0.05, 0.1) is 0 Å². The van der Waals surface area contributed by atoms with Gasteiger partial charge >= 0.3 is 0 Å². The van der Waals surface area contributed by atoms with Crippen LogP contribution in [0.4, 0.5) is 0 Å². The van der Waals surface area contributed by atoms with Gasteiger partial charge in [-0.2, -0.15) is 0 Å². The number of rotatable bonds is 1. The van der Waals surface area contributed by atoms with E-state index in [4.69, 9.17) is 0 Å². The second-order valence-corrected chi connectivity index (χ2v) is 2.88. The smallest absolute Gasteiger partial charge is 0.0187 e. The Morgan fingerprint density at radius 2 is 1.92 bits per heavy atom. The molecule has 0 saturated heterocycles. The molecule has 0 saturated carbocycles. The van der Waals surface area contributed by atoms with Gasteiger partial charge < -0.3 is 0 Å². The minimum atomic E-state index is 0. The zero-order valence-electron chi connectivity index (χ0n) is 7.67. The zero-order chi connectivity index (χ0) is 8.97. The lowest BCUT2D eigenvalue weighted by molar-refractivity contribution is 1.47. The summed E-state index contributed by atoms with van der Waals surface area (Å²) in [4.78, 5) is 0. The Bertz CT molecular complexity index is 383. The zero-order valence-corrected chi connectivity index (χ0v) is 7.67. The van der Waals surface area contributed by atoms with Gasteiger partial charge in [0, 0.05) is 0 Å². The summed E-state index contributed by atoms with van der Waals surface area (Å²) in [6.45, 7) is 8.08. The molecule has 0 aliphatic heterocycles. The van der Waals surface area contributed by atoms with Gasteiger partial charge in [0.1, 0.15) is 0 Å². The van der Waals surface area contributed by atoms with Crippen LogP contribution in [0.3, 0.4) is 0 Å². The highest BCUT2D eigenvalue weighted by Crippen LogP contribution is 1.90. The van der Waals surface area contributed by atoms with Crippen LogP contribution in [0, 0.1) is 0 Å². The summed E-state index contributed by atoms with van der Waals surface area (Å²) in [5.74, 6) is 0. The van der Waals surface area contributed by atoms with Gasteiger partial charge in [-0.25, -0.2) is 0 Å². The Kier molecular flexibility index (Phi) is 4.83. The summed E-state index contributed by atoms with van der Waals surface area (Å²) in [6.07, 6.45) is 4.23. The van der Waals surface area contributed by atoms with Gasteiger partial charge in [-0.05, 0) is 24.3 Å². The van der Waals surface area contributed by atoms with Crippen LogP contribution in [0.15, 0.2) is 35.9 Å². The monoisotopic (exact) mass is 174 g/mol. The van der Waals surface area contributed by atoms with E-state index in [-0.39, 0.29) is 7.43 Å². The second kappa shape index (κ2) is 5.36. The lowest BCUT2D eigenvalue weighted by atomic mass is 10.2. The van der Waals surface area contributed by atoms with Crippen LogP contribution in [-0.2, 0) is 0 Å². The molecule has 0 heteroatoms. The molecule has 0 bridgehead atoms. The maximum atomic E-state index is 3.95. The molecule has 0 heterocycles. The fourth-order valence-corrected chi connectivity index (χ4v) is 1.00. The van der Waals surface area contributed by atoms with Crippen LogP contribution >= 0.6 is 0 Å². The fourth-order valence-electron chi connectivity index (χ4n) is 1.00. The number of benzene rings is 1. The maximum absolute atomic E-state index is 3.95. The number of hydrogen-bond acceptors (Lipinski definition) is 0. The van der Waals surface area contributed by atoms with Gasteiger partial charge in [-0.15, -0.1) is 0 Å². The average molecular weight is 174 g/mol. The average Bonchev–Trinajstić information content (AvgIpc) is 2.09. The van der Waals surface area contributed by atoms with Crippen LogP contribution in [-0.4, -0.2) is 0 Å². The van der Waals surface area contributed by atoms with E-state index in [0.717, 1.165) is 5.22 Å². The molecule has 1 rings (SSSR count). The Morgan fingerprint density at radius 3 is 2.46 bits per heavy atom. The molecule has 0 N–H and O–H groups in total. The van der Waals surface area contributed by atoms with Crippen molar-refractivity contribution >= 4 is 12.7 Å². The van der Waals surface area contributed by atoms with Crippen molar-refractivity contribution in [1.29, 1.82) is 0 Å².